The number of hydrogen-bond acceptors (Lipinski definition) is 3. The summed E-state index contributed by atoms with van der Waals surface area (Å²) in [5.74, 6) is 0.0872. The molecule has 0 atom stereocenters. The van der Waals surface area contributed by atoms with E-state index in [1.54, 1.807) is 10.9 Å². The van der Waals surface area contributed by atoms with E-state index in [0.717, 1.165) is 18.5 Å². The number of amides is 1. The molecule has 2 aromatic heterocycles. The predicted octanol–water partition coefficient (Wildman–Crippen LogP) is 2.31. The average molecular weight is 340 g/mol. The van der Waals surface area contributed by atoms with Crippen molar-refractivity contribution in [3.63, 3.8) is 0 Å². The summed E-state index contributed by atoms with van der Waals surface area (Å²) in [5, 5.41) is 13.1. The number of carbonyl (C=O) groups excluding carboxylic acids is 1. The van der Waals surface area contributed by atoms with Crippen LogP contribution in [0.4, 0.5) is 0 Å². The Bertz CT molecular complexity index is 890. The summed E-state index contributed by atoms with van der Waals surface area (Å²) >= 11 is 0. The molecule has 132 valence electrons. The van der Waals surface area contributed by atoms with Crippen molar-refractivity contribution >= 4 is 17.1 Å². The van der Waals surface area contributed by atoms with Gasteiger partial charge in [0.1, 0.15) is 12.1 Å². The second kappa shape index (κ2) is 7.01. The molecule has 0 unspecified atom stereocenters. The van der Waals surface area contributed by atoms with Crippen molar-refractivity contribution in [1.29, 1.82) is 0 Å². The molecule has 6 nitrogen and oxygen atoms in total. The molecule has 0 radical (unpaired) electrons. The number of rotatable bonds is 6. The Labute approximate surface area is 147 Å². The van der Waals surface area contributed by atoms with Crippen molar-refractivity contribution in [2.45, 2.75) is 33.2 Å². The highest BCUT2D eigenvalue weighted by molar-refractivity contribution is 5.84. The maximum atomic E-state index is 12.2. The van der Waals surface area contributed by atoms with Gasteiger partial charge in [-0.05, 0) is 30.9 Å². The summed E-state index contributed by atoms with van der Waals surface area (Å²) in [6.07, 6.45) is 3.42. The normalized spacial score (nSPS) is 11.2. The number of aromatic nitrogens is 3. The van der Waals surface area contributed by atoms with Gasteiger partial charge in [0.05, 0.1) is 12.0 Å². The number of aryl methyl sites for hydroxylation is 2. The second-order valence-corrected chi connectivity index (χ2v) is 6.31. The highest BCUT2D eigenvalue weighted by Gasteiger charge is 2.17. The Balaban J connectivity index is 1.58. The maximum absolute atomic E-state index is 12.2. The zero-order valence-corrected chi connectivity index (χ0v) is 14.9. The number of nitrogens with one attached hydrogen (secondary N) is 1. The molecule has 2 N–H and O–H groups in total. The van der Waals surface area contributed by atoms with Gasteiger partial charge in [-0.25, -0.2) is 4.98 Å². The van der Waals surface area contributed by atoms with Crippen LogP contribution in [0.1, 0.15) is 23.7 Å². The van der Waals surface area contributed by atoms with E-state index >= 15 is 0 Å². The van der Waals surface area contributed by atoms with E-state index in [0.29, 0.717) is 17.7 Å². The van der Waals surface area contributed by atoms with Crippen LogP contribution in [0.3, 0.4) is 0 Å². The van der Waals surface area contributed by atoms with Gasteiger partial charge in [-0.1, -0.05) is 31.2 Å². The summed E-state index contributed by atoms with van der Waals surface area (Å²) in [4.78, 5) is 16.5. The lowest BCUT2D eigenvalue weighted by molar-refractivity contribution is -0.121. The molecule has 25 heavy (non-hydrogen) atoms. The van der Waals surface area contributed by atoms with E-state index in [9.17, 15) is 9.90 Å². The molecule has 0 aliphatic carbocycles. The maximum Gasteiger partial charge on any atom is 0.240 e. The minimum Gasteiger partial charge on any atom is -0.504 e. The molecule has 3 rings (SSSR count). The molecule has 0 saturated heterocycles. The minimum absolute atomic E-state index is 0.0922. The lowest BCUT2D eigenvalue weighted by Gasteiger charge is -2.07. The quantitative estimate of drug-likeness (QED) is 0.723. The van der Waals surface area contributed by atoms with Gasteiger partial charge in [0.25, 0.3) is 0 Å². The highest BCUT2D eigenvalue weighted by Crippen LogP contribution is 2.29. The molecular formula is C19H24N4O2. The lowest BCUT2D eigenvalue weighted by atomic mass is 10.1. The van der Waals surface area contributed by atoms with Crippen LogP contribution in [-0.4, -0.2) is 31.7 Å². The number of fused-ring (bicyclic) bond motifs is 1. The molecule has 1 amide bonds. The van der Waals surface area contributed by atoms with Crippen LogP contribution in [-0.2, 0) is 31.2 Å². The van der Waals surface area contributed by atoms with E-state index in [1.807, 2.05) is 18.5 Å². The Hall–Kier alpha value is -2.76. The molecule has 0 aliphatic rings. The first-order valence-corrected chi connectivity index (χ1v) is 8.54. The fourth-order valence-electron chi connectivity index (χ4n) is 2.97. The number of benzene rings is 1. The van der Waals surface area contributed by atoms with Crippen LogP contribution in [0.25, 0.3) is 11.2 Å². The smallest absolute Gasteiger partial charge is 0.240 e. The van der Waals surface area contributed by atoms with Crippen LogP contribution in [0.5, 0.6) is 5.75 Å². The van der Waals surface area contributed by atoms with Crippen molar-refractivity contribution in [3.05, 3.63) is 47.4 Å². The fourth-order valence-corrected chi connectivity index (χ4v) is 2.97. The summed E-state index contributed by atoms with van der Waals surface area (Å²) in [5.41, 5.74) is 4.54. The van der Waals surface area contributed by atoms with Crippen LogP contribution >= 0.6 is 0 Å². The van der Waals surface area contributed by atoms with Gasteiger partial charge >= 0.3 is 0 Å². The van der Waals surface area contributed by atoms with Gasteiger partial charge in [-0.15, -0.1) is 0 Å². The summed E-state index contributed by atoms with van der Waals surface area (Å²) in [6, 6.07) is 8.46. The van der Waals surface area contributed by atoms with Gasteiger partial charge in [0, 0.05) is 13.6 Å². The molecular weight excluding hydrogens is 316 g/mol. The van der Waals surface area contributed by atoms with Crippen molar-refractivity contribution in [2.24, 2.45) is 7.05 Å². The Morgan fingerprint density at radius 2 is 1.92 bits per heavy atom. The Kier molecular flexibility index (Phi) is 4.79. The molecule has 0 spiro atoms. The van der Waals surface area contributed by atoms with Crippen LogP contribution < -0.4 is 5.32 Å². The number of imidazole rings is 1. The topological polar surface area (TPSA) is 72.1 Å². The number of hydrogen-bond donors (Lipinski definition) is 2. The fraction of sp³-hybridized carbons (Fsp3) is 0.368. The summed E-state index contributed by atoms with van der Waals surface area (Å²) < 4.78 is 3.50. The largest absolute Gasteiger partial charge is 0.504 e. The van der Waals surface area contributed by atoms with Gasteiger partial charge in [0.15, 0.2) is 11.4 Å². The molecule has 1 aromatic carbocycles. The molecule has 0 bridgehead atoms. The summed E-state index contributed by atoms with van der Waals surface area (Å²) in [6.45, 7) is 4.68. The van der Waals surface area contributed by atoms with Crippen molar-refractivity contribution in [2.75, 3.05) is 6.54 Å². The number of nitrogens with zero attached hydrogens (tertiary/aromatic N) is 3. The van der Waals surface area contributed by atoms with E-state index in [4.69, 9.17) is 0 Å². The third kappa shape index (κ3) is 3.38. The Morgan fingerprint density at radius 1 is 1.24 bits per heavy atom. The average Bonchev–Trinajstić information content (AvgIpc) is 3.11. The Morgan fingerprint density at radius 3 is 2.60 bits per heavy atom. The zero-order valence-electron chi connectivity index (χ0n) is 14.9. The van der Waals surface area contributed by atoms with E-state index < -0.39 is 0 Å². The van der Waals surface area contributed by atoms with Crippen molar-refractivity contribution in [3.8, 4) is 5.75 Å². The first kappa shape index (κ1) is 17.1. The molecule has 0 aliphatic heterocycles. The van der Waals surface area contributed by atoms with Gasteiger partial charge in [-0.2, -0.15) is 0 Å². The van der Waals surface area contributed by atoms with Crippen LogP contribution in [0.2, 0.25) is 0 Å². The third-order valence-electron chi connectivity index (χ3n) is 4.69. The number of aromatic hydroxyl groups is 1. The van der Waals surface area contributed by atoms with E-state index in [1.165, 1.54) is 11.1 Å². The van der Waals surface area contributed by atoms with Gasteiger partial charge in [0.2, 0.25) is 5.91 Å². The van der Waals surface area contributed by atoms with E-state index in [-0.39, 0.29) is 18.2 Å². The van der Waals surface area contributed by atoms with E-state index in [2.05, 4.69) is 41.5 Å². The second-order valence-electron chi connectivity index (χ2n) is 6.31. The first-order valence-electron chi connectivity index (χ1n) is 8.54. The van der Waals surface area contributed by atoms with Gasteiger partial charge < -0.3 is 19.6 Å². The van der Waals surface area contributed by atoms with Gasteiger partial charge in [-0.3, -0.25) is 4.79 Å². The van der Waals surface area contributed by atoms with Crippen molar-refractivity contribution in [1.82, 2.24) is 19.4 Å². The van der Waals surface area contributed by atoms with Crippen LogP contribution in [0.15, 0.2) is 30.6 Å². The molecule has 6 heteroatoms. The predicted molar refractivity (Wildman–Crippen MR) is 97.6 cm³/mol. The molecule has 2 heterocycles. The summed E-state index contributed by atoms with van der Waals surface area (Å²) in [7, 11) is 1.85. The highest BCUT2D eigenvalue weighted by atomic mass is 16.3. The third-order valence-corrected chi connectivity index (χ3v) is 4.69. The SMILES string of the molecule is CCc1ccc(CCNC(=O)Cn2cnc3c2c(O)c(C)n3C)cc1. The monoisotopic (exact) mass is 340 g/mol. The molecule has 0 saturated carbocycles. The van der Waals surface area contributed by atoms with Crippen LogP contribution in [0, 0.1) is 6.92 Å². The molecule has 0 fully saturated rings. The standard InChI is InChI=1S/C19H24N4O2/c1-4-14-5-7-15(8-6-14)9-10-20-16(24)11-23-12-21-19-17(23)18(25)13(2)22(19)3/h5-8,12,25H,4,9-11H2,1-3H3,(H,20,24). The first-order chi connectivity index (χ1) is 12.0. The minimum atomic E-state index is -0.0922. The zero-order chi connectivity index (χ0) is 18.0. The van der Waals surface area contributed by atoms with Crippen molar-refractivity contribution < 1.29 is 9.90 Å². The molecule has 3 aromatic rings. The number of carbonyl (C=O) groups is 1. The lowest BCUT2D eigenvalue weighted by Crippen LogP contribution is -2.29.